The van der Waals surface area contributed by atoms with Gasteiger partial charge < -0.3 is 23.2 Å². The Balaban J connectivity index is 1.65. The second kappa shape index (κ2) is 10.7. The van der Waals surface area contributed by atoms with Crippen molar-refractivity contribution < 1.29 is 36.4 Å². The monoisotopic (exact) mass is 443 g/mol. The maximum absolute atomic E-state index is 11.6. The lowest BCUT2D eigenvalue weighted by Crippen LogP contribution is -2.48. The van der Waals surface area contributed by atoms with Crippen LogP contribution in [0.25, 0.3) is 0 Å². The number of ether oxygens (including phenoxy) is 3. The number of oxime groups is 1. The Labute approximate surface area is 177 Å². The molecule has 0 atom stereocenters. The van der Waals surface area contributed by atoms with E-state index in [1.807, 2.05) is 0 Å². The minimum atomic E-state index is -3.54. The summed E-state index contributed by atoms with van der Waals surface area (Å²) in [7, 11) is -2.24. The summed E-state index contributed by atoms with van der Waals surface area (Å²) in [5, 5.41) is 4.09. The highest BCUT2D eigenvalue weighted by atomic mass is 32.2. The molecule has 9 nitrogen and oxygen atoms in total. The number of unbranched alkanes of at least 4 members (excludes halogenated alkanes) is 1. The summed E-state index contributed by atoms with van der Waals surface area (Å²) in [6.07, 6.45) is 3.63. The van der Waals surface area contributed by atoms with Gasteiger partial charge in [-0.3, -0.25) is 0 Å². The van der Waals surface area contributed by atoms with Crippen molar-refractivity contribution in [2.75, 3.05) is 33.2 Å². The van der Waals surface area contributed by atoms with Gasteiger partial charge in [0.15, 0.2) is 0 Å². The van der Waals surface area contributed by atoms with Crippen LogP contribution in [0.4, 0.5) is 0 Å². The molecule has 0 amide bonds. The van der Waals surface area contributed by atoms with Crippen LogP contribution in [-0.4, -0.2) is 59.1 Å². The van der Waals surface area contributed by atoms with Gasteiger partial charge in [-0.15, -0.1) is 0 Å². The maximum atomic E-state index is 11.6. The van der Waals surface area contributed by atoms with E-state index in [4.69, 9.17) is 18.5 Å². The summed E-state index contributed by atoms with van der Waals surface area (Å²) in [6, 6.07) is 6.56. The molecule has 1 heterocycles. The Hall–Kier alpha value is -2.17. The van der Waals surface area contributed by atoms with E-state index in [0.717, 1.165) is 31.1 Å². The van der Waals surface area contributed by atoms with Gasteiger partial charge >= 0.3 is 16.1 Å². The van der Waals surface area contributed by atoms with E-state index in [0.29, 0.717) is 25.5 Å². The first-order valence-corrected chi connectivity index (χ1v) is 11.5. The van der Waals surface area contributed by atoms with Gasteiger partial charge in [0.25, 0.3) is 5.79 Å². The molecule has 0 saturated carbocycles. The summed E-state index contributed by atoms with van der Waals surface area (Å²) >= 11 is 0. The van der Waals surface area contributed by atoms with E-state index in [1.54, 1.807) is 38.1 Å². The average Bonchev–Trinajstić information content (AvgIpc) is 2.70. The zero-order valence-electron chi connectivity index (χ0n) is 17.8. The van der Waals surface area contributed by atoms with Crippen molar-refractivity contribution in [3.8, 4) is 5.75 Å². The van der Waals surface area contributed by atoms with Crippen molar-refractivity contribution in [1.82, 2.24) is 0 Å². The molecule has 1 aromatic rings. The van der Waals surface area contributed by atoms with E-state index in [1.165, 1.54) is 7.11 Å². The predicted octanol–water partition coefficient (Wildman–Crippen LogP) is 2.49. The van der Waals surface area contributed by atoms with Crippen LogP contribution < -0.4 is 4.18 Å². The average molecular weight is 444 g/mol. The van der Waals surface area contributed by atoms with E-state index in [9.17, 15) is 13.2 Å². The zero-order chi connectivity index (χ0) is 22.2. The minimum absolute atomic E-state index is 0.223. The van der Waals surface area contributed by atoms with Crippen molar-refractivity contribution in [2.24, 2.45) is 11.1 Å². The fourth-order valence-corrected chi connectivity index (χ4v) is 3.30. The minimum Gasteiger partial charge on any atom is -0.465 e. The second-order valence-corrected chi connectivity index (χ2v) is 8.82. The first-order chi connectivity index (χ1) is 14.1. The molecule has 1 fully saturated rings. The summed E-state index contributed by atoms with van der Waals surface area (Å²) in [5.74, 6) is -1.37. The molecular weight excluding hydrogens is 414 g/mol. The van der Waals surface area contributed by atoms with Crippen LogP contribution in [-0.2, 0) is 34.0 Å². The molecule has 0 unspecified atom stereocenters. The van der Waals surface area contributed by atoms with Crippen molar-refractivity contribution >= 4 is 21.8 Å². The molecule has 1 aromatic carbocycles. The van der Waals surface area contributed by atoms with E-state index in [2.05, 4.69) is 9.89 Å². The van der Waals surface area contributed by atoms with Crippen molar-refractivity contribution in [3.05, 3.63) is 29.8 Å². The van der Waals surface area contributed by atoms with Crippen LogP contribution in [0.15, 0.2) is 29.4 Å². The van der Waals surface area contributed by atoms with E-state index in [-0.39, 0.29) is 11.7 Å². The van der Waals surface area contributed by atoms with Crippen LogP contribution in [0.1, 0.15) is 38.7 Å². The molecular formula is C20H29NO8S. The van der Waals surface area contributed by atoms with Crippen LogP contribution in [0, 0.1) is 5.92 Å². The third-order valence-electron chi connectivity index (χ3n) is 4.56. The fourth-order valence-electron chi connectivity index (χ4n) is 2.83. The smallest absolute Gasteiger partial charge is 0.366 e. The SMILES string of the molecule is COC(=O)C1(C)OCC(CCCCON=C(C)c2ccc(OS(C)(=O)=O)cc2)CO1. The van der Waals surface area contributed by atoms with Gasteiger partial charge in [0.1, 0.15) is 12.4 Å². The predicted molar refractivity (Wildman–Crippen MR) is 110 cm³/mol. The number of hydrogen-bond acceptors (Lipinski definition) is 9. The topological polar surface area (TPSA) is 110 Å². The normalized spacial score (nSPS) is 22.4. The van der Waals surface area contributed by atoms with E-state index < -0.39 is 21.9 Å². The summed E-state index contributed by atoms with van der Waals surface area (Å²) < 4.78 is 42.8. The Morgan fingerprint density at radius 2 is 1.83 bits per heavy atom. The number of nitrogens with zero attached hydrogens (tertiary/aromatic N) is 1. The molecule has 30 heavy (non-hydrogen) atoms. The standard InChI is InChI=1S/C20H29NO8S/c1-15(17-8-10-18(11-9-17)29-30(4,23)24)21-28-12-6-5-7-16-13-26-20(2,27-14-16)19(22)25-3/h8-11,16H,5-7,12-14H2,1-4H3. The number of rotatable bonds is 10. The largest absolute Gasteiger partial charge is 0.465 e. The van der Waals surface area contributed by atoms with Gasteiger partial charge in [-0.1, -0.05) is 5.16 Å². The van der Waals surface area contributed by atoms with Crippen molar-refractivity contribution in [3.63, 3.8) is 0 Å². The van der Waals surface area contributed by atoms with E-state index >= 15 is 0 Å². The lowest BCUT2D eigenvalue weighted by molar-refractivity contribution is -0.272. The summed E-state index contributed by atoms with van der Waals surface area (Å²) in [5.41, 5.74) is 1.48. The van der Waals surface area contributed by atoms with Crippen LogP contribution in [0.3, 0.4) is 0 Å². The number of carbonyl (C=O) groups is 1. The quantitative estimate of drug-likeness (QED) is 0.178. The van der Waals surface area contributed by atoms with Crippen LogP contribution in [0.2, 0.25) is 0 Å². The van der Waals surface area contributed by atoms with Crippen LogP contribution in [0.5, 0.6) is 5.75 Å². The molecule has 0 aromatic heterocycles. The molecule has 0 N–H and O–H groups in total. The first kappa shape index (κ1) is 24.1. The molecule has 0 radical (unpaired) electrons. The number of hydrogen-bond donors (Lipinski definition) is 0. The highest BCUT2D eigenvalue weighted by Gasteiger charge is 2.41. The molecule has 1 aliphatic heterocycles. The second-order valence-electron chi connectivity index (χ2n) is 7.24. The lowest BCUT2D eigenvalue weighted by Gasteiger charge is -2.35. The van der Waals surface area contributed by atoms with Crippen molar-refractivity contribution in [2.45, 2.75) is 38.9 Å². The Bertz CT molecular complexity index is 827. The lowest BCUT2D eigenvalue weighted by atomic mass is 10.0. The number of benzene rings is 1. The molecule has 168 valence electrons. The molecule has 1 saturated heterocycles. The molecule has 0 aliphatic carbocycles. The highest BCUT2D eigenvalue weighted by Crippen LogP contribution is 2.25. The van der Waals surface area contributed by atoms with Gasteiger partial charge in [-0.25, -0.2) is 4.79 Å². The highest BCUT2D eigenvalue weighted by molar-refractivity contribution is 7.86. The zero-order valence-corrected chi connectivity index (χ0v) is 18.6. The Morgan fingerprint density at radius 3 is 2.40 bits per heavy atom. The number of esters is 1. The molecule has 2 rings (SSSR count). The van der Waals surface area contributed by atoms with Gasteiger partial charge in [-0.2, -0.15) is 8.42 Å². The summed E-state index contributed by atoms with van der Waals surface area (Å²) in [6.45, 7) is 4.74. The fraction of sp³-hybridized carbons (Fsp3) is 0.600. The van der Waals surface area contributed by atoms with Gasteiger partial charge in [0.05, 0.1) is 32.3 Å². The first-order valence-electron chi connectivity index (χ1n) is 9.66. The third-order valence-corrected chi connectivity index (χ3v) is 5.06. The van der Waals surface area contributed by atoms with Gasteiger partial charge in [0.2, 0.25) is 0 Å². The van der Waals surface area contributed by atoms with Gasteiger partial charge in [-0.05, 0) is 56.0 Å². The molecule has 1 aliphatic rings. The number of carbonyl (C=O) groups excluding carboxylic acids is 1. The maximum Gasteiger partial charge on any atom is 0.366 e. The molecule has 0 bridgehead atoms. The Kier molecular flexibility index (Phi) is 8.63. The Morgan fingerprint density at radius 1 is 1.20 bits per heavy atom. The molecule has 10 heteroatoms. The van der Waals surface area contributed by atoms with Gasteiger partial charge in [0, 0.05) is 12.8 Å². The van der Waals surface area contributed by atoms with Crippen molar-refractivity contribution in [1.29, 1.82) is 0 Å². The number of methoxy groups -OCH3 is 1. The molecule has 0 spiro atoms. The van der Waals surface area contributed by atoms with Crippen LogP contribution >= 0.6 is 0 Å². The third kappa shape index (κ3) is 7.58. The summed E-state index contributed by atoms with van der Waals surface area (Å²) in [4.78, 5) is 17.0.